The Morgan fingerprint density at radius 1 is 1.38 bits per heavy atom. The molecule has 2 heterocycles. The van der Waals surface area contributed by atoms with Crippen LogP contribution in [-0.4, -0.2) is 16.2 Å². The third-order valence-electron chi connectivity index (χ3n) is 1.64. The molecular weight excluding hydrogens is 204 g/mol. The maximum Gasteiger partial charge on any atom is 0.137 e. The predicted molar refractivity (Wildman–Crippen MR) is 61.2 cm³/mol. The number of pyridine rings is 1. The van der Waals surface area contributed by atoms with E-state index in [1.54, 1.807) is 12.4 Å². The molecule has 0 amide bonds. The molecule has 6 nitrogen and oxygen atoms in total. The van der Waals surface area contributed by atoms with Crippen LogP contribution in [-0.2, 0) is 0 Å². The average Bonchev–Trinajstić information content (AvgIpc) is 2.82. The first-order valence-electron chi connectivity index (χ1n) is 4.08. The lowest BCUT2D eigenvalue weighted by atomic mass is 10.2. The van der Waals surface area contributed by atoms with Gasteiger partial charge >= 0.3 is 0 Å². The summed E-state index contributed by atoms with van der Waals surface area (Å²) in [5.41, 5.74) is 1.79. The molecule has 0 spiro atoms. The number of nitrogens with one attached hydrogen (secondary N) is 1. The number of nitrogens with zero attached hydrogens (tertiary/aromatic N) is 4. The van der Waals surface area contributed by atoms with Crippen LogP contribution in [0.3, 0.4) is 0 Å². The van der Waals surface area contributed by atoms with E-state index in [0.717, 1.165) is 16.6 Å². The van der Waals surface area contributed by atoms with Crippen molar-refractivity contribution >= 4 is 17.2 Å². The third kappa shape index (κ3) is 3.13. The molecular formula is C10H10N6. The van der Waals surface area contributed by atoms with Crippen molar-refractivity contribution in [1.29, 1.82) is 10.5 Å². The maximum atomic E-state index is 6.50. The zero-order valence-corrected chi connectivity index (χ0v) is 8.41. The monoisotopic (exact) mass is 214 g/mol. The number of nitriles is 2. The summed E-state index contributed by atoms with van der Waals surface area (Å²) in [7, 11) is 0. The van der Waals surface area contributed by atoms with Gasteiger partial charge in [0.2, 0.25) is 0 Å². The largest absolute Gasteiger partial charge is 0.346 e. The Kier molecular flexibility index (Phi) is 6.19. The molecule has 0 aromatic carbocycles. The highest BCUT2D eigenvalue weighted by Gasteiger charge is 1.95. The van der Waals surface area contributed by atoms with Crippen molar-refractivity contribution in [1.82, 2.24) is 9.97 Å². The number of hydrazone groups is 1. The van der Waals surface area contributed by atoms with Gasteiger partial charge in [0, 0.05) is 36.5 Å². The van der Waals surface area contributed by atoms with Gasteiger partial charge in [0.1, 0.15) is 5.65 Å². The second-order valence-corrected chi connectivity index (χ2v) is 2.46. The van der Waals surface area contributed by atoms with E-state index in [2.05, 4.69) is 28.2 Å². The summed E-state index contributed by atoms with van der Waals surface area (Å²) in [5, 5.41) is 17.5. The summed E-state index contributed by atoms with van der Waals surface area (Å²) >= 11 is 0. The average molecular weight is 214 g/mol. The first kappa shape index (κ1) is 13.1. The quantitative estimate of drug-likeness (QED) is 0.420. The van der Waals surface area contributed by atoms with Gasteiger partial charge in [-0.05, 0) is 12.1 Å². The third-order valence-corrected chi connectivity index (χ3v) is 1.64. The van der Waals surface area contributed by atoms with Crippen molar-refractivity contribution in [3.63, 3.8) is 0 Å². The molecule has 0 saturated heterocycles. The summed E-state index contributed by atoms with van der Waals surface area (Å²) in [6.07, 6.45) is 5.13. The number of rotatable bonds is 1. The maximum absolute atomic E-state index is 6.50. The fourth-order valence-electron chi connectivity index (χ4n) is 1.11. The Balaban J connectivity index is 0.000000509. The number of hydrogen-bond acceptors (Lipinski definition) is 5. The molecule has 2 aromatic rings. The minimum Gasteiger partial charge on any atom is -0.346 e. The van der Waals surface area contributed by atoms with Crippen LogP contribution in [0, 0.1) is 23.7 Å². The van der Waals surface area contributed by atoms with E-state index >= 15 is 0 Å². The molecule has 0 fully saturated rings. The van der Waals surface area contributed by atoms with Gasteiger partial charge < -0.3 is 10.8 Å². The Labute approximate surface area is 92.6 Å². The van der Waals surface area contributed by atoms with Crippen molar-refractivity contribution < 1.29 is 0 Å². The van der Waals surface area contributed by atoms with Gasteiger partial charge in [-0.3, -0.25) is 0 Å². The molecule has 2 rings (SSSR count). The highest BCUT2D eigenvalue weighted by Crippen LogP contribution is 2.09. The molecule has 0 atom stereocenters. The van der Waals surface area contributed by atoms with Gasteiger partial charge in [0.05, 0.1) is 6.21 Å². The lowest BCUT2D eigenvalue weighted by Gasteiger charge is -1.91. The number of fused-ring (bicyclic) bond motifs is 1. The summed E-state index contributed by atoms with van der Waals surface area (Å²) in [5.74, 6) is 5.01. The number of aromatic nitrogens is 2. The molecule has 0 radical (unpaired) electrons. The van der Waals surface area contributed by atoms with Gasteiger partial charge in [0.15, 0.2) is 0 Å². The molecule has 16 heavy (non-hydrogen) atoms. The van der Waals surface area contributed by atoms with Crippen molar-refractivity contribution in [2.75, 3.05) is 0 Å². The van der Waals surface area contributed by atoms with E-state index in [1.807, 2.05) is 18.3 Å². The second kappa shape index (κ2) is 7.54. The molecule has 0 bridgehead atoms. The molecule has 0 aliphatic heterocycles. The van der Waals surface area contributed by atoms with Crippen LogP contribution in [0.1, 0.15) is 5.56 Å². The summed E-state index contributed by atoms with van der Waals surface area (Å²) < 4.78 is 0. The van der Waals surface area contributed by atoms with Crippen LogP contribution in [0.15, 0.2) is 29.6 Å². The normalized spacial score (nSPS) is 8.75. The SMILES string of the molecule is C#N.C#N.NN=Cc1cnc2[nH]ccc2c1. The van der Waals surface area contributed by atoms with E-state index in [9.17, 15) is 0 Å². The summed E-state index contributed by atoms with van der Waals surface area (Å²) in [6, 6.07) is 3.92. The zero-order valence-electron chi connectivity index (χ0n) is 8.41. The zero-order chi connectivity index (χ0) is 12.4. The van der Waals surface area contributed by atoms with E-state index in [-0.39, 0.29) is 0 Å². The van der Waals surface area contributed by atoms with Gasteiger partial charge in [-0.15, -0.1) is 0 Å². The summed E-state index contributed by atoms with van der Waals surface area (Å²) in [4.78, 5) is 7.16. The Bertz CT molecular complexity index is 487. The van der Waals surface area contributed by atoms with Crippen molar-refractivity contribution in [2.45, 2.75) is 0 Å². The van der Waals surface area contributed by atoms with E-state index in [0.29, 0.717) is 0 Å². The molecule has 0 aliphatic rings. The second-order valence-electron chi connectivity index (χ2n) is 2.46. The minimum atomic E-state index is 0.879. The van der Waals surface area contributed by atoms with Gasteiger partial charge in [-0.1, -0.05) is 0 Å². The van der Waals surface area contributed by atoms with Gasteiger partial charge in [-0.2, -0.15) is 5.10 Å². The van der Waals surface area contributed by atoms with Crippen molar-refractivity contribution in [3.05, 3.63) is 30.1 Å². The van der Waals surface area contributed by atoms with Crippen LogP contribution in [0.5, 0.6) is 0 Å². The first-order valence-corrected chi connectivity index (χ1v) is 4.08. The highest BCUT2D eigenvalue weighted by molar-refractivity contribution is 5.86. The van der Waals surface area contributed by atoms with Crippen LogP contribution in [0.4, 0.5) is 0 Å². The Hall–Kier alpha value is -2.86. The van der Waals surface area contributed by atoms with E-state index < -0.39 is 0 Å². The molecule has 0 saturated carbocycles. The van der Waals surface area contributed by atoms with Crippen LogP contribution in [0.2, 0.25) is 0 Å². The van der Waals surface area contributed by atoms with E-state index in [4.69, 9.17) is 16.4 Å². The molecule has 0 unspecified atom stereocenters. The Morgan fingerprint density at radius 2 is 2.06 bits per heavy atom. The molecule has 0 aliphatic carbocycles. The fourth-order valence-corrected chi connectivity index (χ4v) is 1.11. The van der Waals surface area contributed by atoms with Gasteiger partial charge in [0.25, 0.3) is 0 Å². The van der Waals surface area contributed by atoms with Crippen LogP contribution < -0.4 is 5.84 Å². The fraction of sp³-hybridized carbons (Fsp3) is 0. The van der Waals surface area contributed by atoms with E-state index in [1.165, 1.54) is 0 Å². The lowest BCUT2D eigenvalue weighted by Crippen LogP contribution is -1.87. The topological polar surface area (TPSA) is 115 Å². The lowest BCUT2D eigenvalue weighted by molar-refractivity contribution is 1.26. The van der Waals surface area contributed by atoms with Crippen molar-refractivity contribution in [3.8, 4) is 13.1 Å². The van der Waals surface area contributed by atoms with Crippen molar-refractivity contribution in [2.24, 2.45) is 10.9 Å². The van der Waals surface area contributed by atoms with Crippen LogP contribution >= 0.6 is 0 Å². The first-order chi connectivity index (χ1) is 7.90. The van der Waals surface area contributed by atoms with Crippen LogP contribution in [0.25, 0.3) is 11.0 Å². The standard InChI is InChI=1S/C8H8N4.2CHN/c9-12-5-6-3-7-1-2-10-8(7)11-4-6;2*1-2/h1-5H,9H2,(H,10,11);2*1H. The number of nitrogens with two attached hydrogens (primary N) is 1. The minimum absolute atomic E-state index is 0.879. The smallest absolute Gasteiger partial charge is 0.137 e. The summed E-state index contributed by atoms with van der Waals surface area (Å²) in [6.45, 7) is 7.00. The number of hydrogen-bond donors (Lipinski definition) is 2. The number of aromatic amines is 1. The highest BCUT2D eigenvalue weighted by atomic mass is 15.1. The Morgan fingerprint density at radius 3 is 2.69 bits per heavy atom. The molecule has 6 heteroatoms. The molecule has 80 valence electrons. The molecule has 3 N–H and O–H groups in total. The predicted octanol–water partition coefficient (Wildman–Crippen LogP) is 1.14. The number of H-pyrrole nitrogens is 1. The van der Waals surface area contributed by atoms with Gasteiger partial charge in [-0.25, -0.2) is 15.5 Å². The molecule has 2 aromatic heterocycles.